The largest absolute Gasteiger partial charge is 0.493 e. The van der Waals surface area contributed by atoms with Crippen LogP contribution < -0.4 is 14.2 Å². The Balaban J connectivity index is 3.21. The minimum Gasteiger partial charge on any atom is -0.493 e. The molecule has 1 rings (SSSR count). The third-order valence-corrected chi connectivity index (χ3v) is 2.20. The van der Waals surface area contributed by atoms with Gasteiger partial charge < -0.3 is 14.2 Å². The summed E-state index contributed by atoms with van der Waals surface area (Å²) in [5.74, 6) is 0.00639. The molecule has 0 N–H and O–H groups in total. The van der Waals surface area contributed by atoms with E-state index in [0.717, 1.165) is 0 Å². The van der Waals surface area contributed by atoms with Gasteiger partial charge in [-0.3, -0.25) is 4.79 Å². The fraction of sp³-hybridized carbons (Fsp3) is 0.364. The Bertz CT molecular complexity index is 437. The van der Waals surface area contributed by atoms with Crippen LogP contribution in [0, 0.1) is 0 Å². The fourth-order valence-electron chi connectivity index (χ4n) is 1.43. The molecule has 7 heteroatoms. The second-order valence-corrected chi connectivity index (χ2v) is 3.66. The highest BCUT2D eigenvalue weighted by Gasteiger charge is 2.17. The van der Waals surface area contributed by atoms with Crippen LogP contribution in [0.2, 0.25) is 0 Å². The molecular formula is C11H11ClF2O4. The van der Waals surface area contributed by atoms with Gasteiger partial charge in [-0.1, -0.05) is 0 Å². The number of alkyl halides is 2. The summed E-state index contributed by atoms with van der Waals surface area (Å²) in [4.78, 5) is 10.8. The second-order valence-electron chi connectivity index (χ2n) is 3.24. The highest BCUT2D eigenvalue weighted by Crippen LogP contribution is 2.39. The van der Waals surface area contributed by atoms with Crippen molar-refractivity contribution in [3.63, 3.8) is 0 Å². The Hall–Kier alpha value is -1.56. The van der Waals surface area contributed by atoms with Crippen LogP contribution in [-0.2, 0) is 11.2 Å². The predicted molar refractivity (Wildman–Crippen MR) is 60.7 cm³/mol. The maximum absolute atomic E-state index is 12.3. The molecule has 0 unspecified atom stereocenters. The first-order valence-electron chi connectivity index (χ1n) is 4.86. The predicted octanol–water partition coefficient (Wildman–Crippen LogP) is 2.61. The summed E-state index contributed by atoms with van der Waals surface area (Å²) in [7, 11) is 2.64. The monoisotopic (exact) mass is 280 g/mol. The van der Waals surface area contributed by atoms with Crippen molar-refractivity contribution in [2.45, 2.75) is 13.0 Å². The van der Waals surface area contributed by atoms with E-state index in [-0.39, 0.29) is 23.7 Å². The maximum atomic E-state index is 12.3. The molecule has 0 amide bonds. The van der Waals surface area contributed by atoms with Crippen LogP contribution in [-0.4, -0.2) is 26.1 Å². The molecule has 0 heterocycles. The Morgan fingerprint density at radius 1 is 1.28 bits per heavy atom. The molecule has 0 aromatic heterocycles. The summed E-state index contributed by atoms with van der Waals surface area (Å²) in [6.07, 6.45) is -0.124. The molecule has 100 valence electrons. The van der Waals surface area contributed by atoms with Crippen LogP contribution in [0.1, 0.15) is 5.56 Å². The highest BCUT2D eigenvalue weighted by molar-refractivity contribution is 6.63. The number of methoxy groups -OCH3 is 2. The normalized spacial score (nSPS) is 10.3. The molecule has 0 spiro atoms. The number of benzene rings is 1. The molecule has 0 radical (unpaired) electrons. The van der Waals surface area contributed by atoms with E-state index >= 15 is 0 Å². The molecule has 0 saturated heterocycles. The van der Waals surface area contributed by atoms with Crippen molar-refractivity contribution in [1.29, 1.82) is 0 Å². The Morgan fingerprint density at radius 3 is 2.33 bits per heavy atom. The molecule has 4 nitrogen and oxygen atoms in total. The number of hydrogen-bond acceptors (Lipinski definition) is 4. The first-order chi connectivity index (χ1) is 8.47. The van der Waals surface area contributed by atoms with E-state index in [9.17, 15) is 13.6 Å². The van der Waals surface area contributed by atoms with Crippen molar-refractivity contribution < 1.29 is 27.8 Å². The number of hydrogen-bond donors (Lipinski definition) is 0. The van der Waals surface area contributed by atoms with Gasteiger partial charge in [0.15, 0.2) is 11.5 Å². The van der Waals surface area contributed by atoms with E-state index in [2.05, 4.69) is 4.74 Å². The van der Waals surface area contributed by atoms with Crippen LogP contribution in [0.3, 0.4) is 0 Å². The minimum atomic E-state index is -3.01. The molecule has 0 saturated carbocycles. The van der Waals surface area contributed by atoms with Gasteiger partial charge in [0.1, 0.15) is 0 Å². The van der Waals surface area contributed by atoms with Crippen LogP contribution in [0.4, 0.5) is 8.78 Å². The quantitative estimate of drug-likeness (QED) is 0.752. The van der Waals surface area contributed by atoms with Gasteiger partial charge >= 0.3 is 6.61 Å². The fourth-order valence-corrected chi connectivity index (χ4v) is 1.58. The lowest BCUT2D eigenvalue weighted by Crippen LogP contribution is -2.06. The Morgan fingerprint density at radius 2 is 1.89 bits per heavy atom. The van der Waals surface area contributed by atoms with E-state index in [1.807, 2.05) is 0 Å². The Labute approximate surface area is 107 Å². The van der Waals surface area contributed by atoms with Crippen molar-refractivity contribution in [2.75, 3.05) is 14.2 Å². The summed E-state index contributed by atoms with van der Waals surface area (Å²) in [5.41, 5.74) is 0.392. The van der Waals surface area contributed by atoms with Gasteiger partial charge in [-0.05, 0) is 29.3 Å². The summed E-state index contributed by atoms with van der Waals surface area (Å²) in [6, 6.07) is 2.73. The molecule has 1 aromatic carbocycles. The van der Waals surface area contributed by atoms with Gasteiger partial charge in [0.2, 0.25) is 11.0 Å². The second kappa shape index (κ2) is 6.39. The Kier molecular flexibility index (Phi) is 5.15. The molecule has 0 aliphatic carbocycles. The topological polar surface area (TPSA) is 44.8 Å². The molecule has 0 atom stereocenters. The molecule has 1 aromatic rings. The van der Waals surface area contributed by atoms with Gasteiger partial charge in [-0.2, -0.15) is 8.78 Å². The lowest BCUT2D eigenvalue weighted by Gasteiger charge is -2.14. The van der Waals surface area contributed by atoms with Gasteiger partial charge in [-0.25, -0.2) is 0 Å². The van der Waals surface area contributed by atoms with E-state index in [4.69, 9.17) is 21.1 Å². The number of carbonyl (C=O) groups is 1. The lowest BCUT2D eigenvalue weighted by molar-refractivity contribution is -0.111. The molecule has 0 bridgehead atoms. The van der Waals surface area contributed by atoms with Crippen LogP contribution in [0.25, 0.3) is 0 Å². The molecule has 0 aliphatic heterocycles. The van der Waals surface area contributed by atoms with Crippen LogP contribution in [0.15, 0.2) is 12.1 Å². The maximum Gasteiger partial charge on any atom is 0.387 e. The minimum absolute atomic E-state index is 0.0311. The molecule has 0 aliphatic rings. The van der Waals surface area contributed by atoms with E-state index < -0.39 is 11.9 Å². The number of ether oxygens (including phenoxy) is 3. The van der Waals surface area contributed by atoms with E-state index in [1.165, 1.54) is 26.4 Å². The molecule has 0 fully saturated rings. The highest BCUT2D eigenvalue weighted by atomic mass is 35.5. The zero-order chi connectivity index (χ0) is 13.7. The summed E-state index contributed by atoms with van der Waals surface area (Å²) in [6.45, 7) is -3.01. The number of carbonyl (C=O) groups excluding carboxylic acids is 1. The first kappa shape index (κ1) is 14.5. The van der Waals surface area contributed by atoms with Gasteiger partial charge in [0, 0.05) is 6.42 Å². The molecular weight excluding hydrogens is 270 g/mol. The summed E-state index contributed by atoms with van der Waals surface area (Å²) in [5, 5.41) is -0.620. The first-order valence-corrected chi connectivity index (χ1v) is 5.23. The molecule has 18 heavy (non-hydrogen) atoms. The smallest absolute Gasteiger partial charge is 0.387 e. The van der Waals surface area contributed by atoms with Crippen molar-refractivity contribution >= 4 is 16.8 Å². The van der Waals surface area contributed by atoms with E-state index in [0.29, 0.717) is 5.56 Å². The number of rotatable bonds is 6. The number of halogens is 3. The standard InChI is InChI=1S/C11H11ClF2O4/c1-16-7-3-6(5-9(12)15)4-8(10(7)17-2)18-11(13)14/h3-4,11H,5H2,1-2H3. The van der Waals surface area contributed by atoms with Gasteiger partial charge in [-0.15, -0.1) is 0 Å². The van der Waals surface area contributed by atoms with Gasteiger partial charge in [0.25, 0.3) is 0 Å². The van der Waals surface area contributed by atoms with Crippen molar-refractivity contribution in [3.05, 3.63) is 17.7 Å². The summed E-state index contributed by atoms with van der Waals surface area (Å²) < 4.78 is 38.7. The van der Waals surface area contributed by atoms with E-state index in [1.54, 1.807) is 0 Å². The zero-order valence-electron chi connectivity index (χ0n) is 9.71. The van der Waals surface area contributed by atoms with Crippen LogP contribution >= 0.6 is 11.6 Å². The van der Waals surface area contributed by atoms with Crippen LogP contribution in [0.5, 0.6) is 17.2 Å². The van der Waals surface area contributed by atoms with Crippen molar-refractivity contribution in [1.82, 2.24) is 0 Å². The summed E-state index contributed by atoms with van der Waals surface area (Å²) >= 11 is 5.24. The average Bonchev–Trinajstić information content (AvgIpc) is 2.26. The van der Waals surface area contributed by atoms with Gasteiger partial charge in [0.05, 0.1) is 14.2 Å². The lowest BCUT2D eigenvalue weighted by atomic mass is 10.1. The third kappa shape index (κ3) is 3.73. The average molecular weight is 281 g/mol. The third-order valence-electron chi connectivity index (χ3n) is 2.06. The van der Waals surface area contributed by atoms with Crippen molar-refractivity contribution in [2.24, 2.45) is 0 Å². The van der Waals surface area contributed by atoms with Crippen molar-refractivity contribution in [3.8, 4) is 17.2 Å². The zero-order valence-corrected chi connectivity index (χ0v) is 10.5. The SMILES string of the molecule is COc1cc(CC(=O)Cl)cc(OC(F)F)c1OC.